The van der Waals surface area contributed by atoms with Crippen molar-refractivity contribution >= 4 is 16.7 Å². The van der Waals surface area contributed by atoms with Crippen LogP contribution in [0, 0.1) is 0 Å². The first-order valence-corrected chi connectivity index (χ1v) is 9.12. The lowest BCUT2D eigenvalue weighted by Crippen LogP contribution is -2.36. The van der Waals surface area contributed by atoms with Gasteiger partial charge in [0.1, 0.15) is 5.65 Å². The molecule has 0 bridgehead atoms. The second-order valence-electron chi connectivity index (χ2n) is 7.00. The molecule has 0 spiro atoms. The van der Waals surface area contributed by atoms with Gasteiger partial charge < -0.3 is 9.38 Å². The average Bonchev–Trinajstić information content (AvgIpc) is 3.26. The third-order valence-electron chi connectivity index (χ3n) is 5.44. The summed E-state index contributed by atoms with van der Waals surface area (Å²) in [7, 11) is 0. The van der Waals surface area contributed by atoms with E-state index in [2.05, 4.69) is 31.4 Å². The molecule has 4 aromatic rings. The Bertz CT molecular complexity index is 1110. The molecule has 1 aliphatic rings. The van der Waals surface area contributed by atoms with Crippen LogP contribution in [0.1, 0.15) is 24.6 Å². The average molecular weight is 347 g/mol. The van der Waals surface area contributed by atoms with E-state index in [4.69, 9.17) is 0 Å². The molecule has 1 fully saturated rings. The van der Waals surface area contributed by atoms with Gasteiger partial charge in [-0.1, -0.05) is 18.2 Å². The molecule has 0 unspecified atom stereocenters. The first kappa shape index (κ1) is 15.4. The molecule has 1 saturated heterocycles. The Morgan fingerprint density at radius 3 is 2.81 bits per heavy atom. The molecular formula is C20H21N5O. The number of fused-ring (bicyclic) bond motifs is 2. The van der Waals surface area contributed by atoms with Gasteiger partial charge in [0, 0.05) is 43.8 Å². The number of pyridine rings is 1. The van der Waals surface area contributed by atoms with E-state index in [0.717, 1.165) is 49.2 Å². The fourth-order valence-corrected chi connectivity index (χ4v) is 4.14. The molecule has 0 atom stereocenters. The smallest absolute Gasteiger partial charge is 0.306 e. The Kier molecular flexibility index (Phi) is 3.64. The minimum absolute atomic E-state index is 0.00725. The number of aromatic nitrogens is 4. The van der Waals surface area contributed by atoms with Crippen LogP contribution in [0.4, 0.5) is 0 Å². The quantitative estimate of drug-likeness (QED) is 0.620. The van der Waals surface area contributed by atoms with E-state index in [9.17, 15) is 4.79 Å². The first-order chi connectivity index (χ1) is 12.8. The van der Waals surface area contributed by atoms with Gasteiger partial charge >= 0.3 is 5.69 Å². The predicted octanol–water partition coefficient (Wildman–Crippen LogP) is 2.81. The Morgan fingerprint density at radius 2 is 1.92 bits per heavy atom. The highest BCUT2D eigenvalue weighted by Gasteiger charge is 2.23. The van der Waals surface area contributed by atoms with Gasteiger partial charge in [0.15, 0.2) is 0 Å². The number of hydrogen-bond acceptors (Lipinski definition) is 3. The summed E-state index contributed by atoms with van der Waals surface area (Å²) in [6.45, 7) is 2.88. The number of H-pyrrole nitrogens is 1. The molecule has 132 valence electrons. The van der Waals surface area contributed by atoms with Gasteiger partial charge in [-0.05, 0) is 37.1 Å². The Morgan fingerprint density at radius 1 is 1.08 bits per heavy atom. The first-order valence-electron chi connectivity index (χ1n) is 9.12. The zero-order valence-corrected chi connectivity index (χ0v) is 14.5. The molecule has 6 nitrogen and oxygen atoms in total. The van der Waals surface area contributed by atoms with E-state index in [1.54, 1.807) is 0 Å². The molecule has 26 heavy (non-hydrogen) atoms. The SMILES string of the molecule is O=c1[nH]c2ccccc2n1C1CCN(Cc2cccc3nccn23)CC1. The molecule has 1 aliphatic heterocycles. The second-order valence-corrected chi connectivity index (χ2v) is 7.00. The van der Waals surface area contributed by atoms with Crippen molar-refractivity contribution in [1.29, 1.82) is 0 Å². The summed E-state index contributed by atoms with van der Waals surface area (Å²) in [5.74, 6) is 0. The summed E-state index contributed by atoms with van der Waals surface area (Å²) >= 11 is 0. The van der Waals surface area contributed by atoms with Gasteiger partial charge in [0.2, 0.25) is 0 Å². The lowest BCUT2D eigenvalue weighted by atomic mass is 10.0. The van der Waals surface area contributed by atoms with Crippen molar-refractivity contribution in [2.45, 2.75) is 25.4 Å². The van der Waals surface area contributed by atoms with Crippen LogP contribution in [-0.2, 0) is 6.54 Å². The third-order valence-corrected chi connectivity index (χ3v) is 5.44. The summed E-state index contributed by atoms with van der Waals surface area (Å²) in [6, 6.07) is 14.5. The minimum Gasteiger partial charge on any atom is -0.306 e. The van der Waals surface area contributed by atoms with Gasteiger partial charge in [0.25, 0.3) is 0 Å². The molecule has 0 saturated carbocycles. The summed E-state index contributed by atoms with van der Waals surface area (Å²) < 4.78 is 4.10. The lowest BCUT2D eigenvalue weighted by molar-refractivity contribution is 0.177. The Balaban J connectivity index is 1.34. The zero-order valence-electron chi connectivity index (χ0n) is 14.5. The highest BCUT2D eigenvalue weighted by atomic mass is 16.1. The normalized spacial score (nSPS) is 16.6. The van der Waals surface area contributed by atoms with Crippen molar-refractivity contribution in [2.24, 2.45) is 0 Å². The van der Waals surface area contributed by atoms with Crippen LogP contribution in [0.2, 0.25) is 0 Å². The number of nitrogens with zero attached hydrogens (tertiary/aromatic N) is 4. The highest BCUT2D eigenvalue weighted by molar-refractivity contribution is 5.75. The zero-order chi connectivity index (χ0) is 17.5. The van der Waals surface area contributed by atoms with Gasteiger partial charge in [-0.25, -0.2) is 9.78 Å². The highest BCUT2D eigenvalue weighted by Crippen LogP contribution is 2.25. The molecule has 3 aromatic heterocycles. The molecular weight excluding hydrogens is 326 g/mol. The van der Waals surface area contributed by atoms with Gasteiger partial charge in [-0.2, -0.15) is 0 Å². The molecule has 0 radical (unpaired) electrons. The van der Waals surface area contributed by atoms with Gasteiger partial charge in [0.05, 0.1) is 11.0 Å². The summed E-state index contributed by atoms with van der Waals surface area (Å²) in [4.78, 5) is 22.2. The van der Waals surface area contributed by atoms with Gasteiger partial charge in [-0.3, -0.25) is 9.47 Å². The van der Waals surface area contributed by atoms with Crippen molar-refractivity contribution in [3.05, 3.63) is 71.0 Å². The number of piperidine rings is 1. The predicted molar refractivity (Wildman–Crippen MR) is 101 cm³/mol. The number of nitrogens with one attached hydrogen (secondary N) is 1. The number of benzene rings is 1. The molecule has 5 rings (SSSR count). The maximum absolute atomic E-state index is 12.4. The van der Waals surface area contributed by atoms with E-state index in [-0.39, 0.29) is 11.7 Å². The van der Waals surface area contributed by atoms with Crippen LogP contribution in [0.3, 0.4) is 0 Å². The van der Waals surface area contributed by atoms with Crippen molar-refractivity contribution in [3.8, 4) is 0 Å². The van der Waals surface area contributed by atoms with Crippen molar-refractivity contribution in [3.63, 3.8) is 0 Å². The number of para-hydroxylation sites is 2. The number of rotatable bonds is 3. The lowest BCUT2D eigenvalue weighted by Gasteiger charge is -2.32. The molecule has 0 amide bonds. The third kappa shape index (κ3) is 2.54. The van der Waals surface area contributed by atoms with Crippen LogP contribution < -0.4 is 5.69 Å². The van der Waals surface area contributed by atoms with Crippen molar-refractivity contribution in [2.75, 3.05) is 13.1 Å². The standard InChI is InChI=1S/C20H21N5O/c26-20-22-17-5-1-2-6-18(17)25(20)15-8-11-23(12-9-15)14-16-4-3-7-19-21-10-13-24(16)19/h1-7,10,13,15H,8-9,11-12,14H2,(H,22,26). The van der Waals surface area contributed by atoms with Crippen LogP contribution >= 0.6 is 0 Å². The van der Waals surface area contributed by atoms with Crippen LogP contribution in [0.25, 0.3) is 16.7 Å². The van der Waals surface area contributed by atoms with Crippen LogP contribution in [0.5, 0.6) is 0 Å². The molecule has 4 heterocycles. The van der Waals surface area contributed by atoms with Gasteiger partial charge in [-0.15, -0.1) is 0 Å². The fourth-order valence-electron chi connectivity index (χ4n) is 4.14. The Labute approximate surface area is 150 Å². The number of aromatic amines is 1. The molecule has 1 N–H and O–H groups in total. The monoisotopic (exact) mass is 347 g/mol. The number of imidazole rings is 2. The largest absolute Gasteiger partial charge is 0.326 e. The minimum atomic E-state index is 0.00725. The fraction of sp³-hybridized carbons (Fsp3) is 0.300. The molecule has 1 aromatic carbocycles. The van der Waals surface area contributed by atoms with E-state index in [1.165, 1.54) is 5.69 Å². The van der Waals surface area contributed by atoms with E-state index in [0.29, 0.717) is 0 Å². The number of hydrogen-bond donors (Lipinski definition) is 1. The van der Waals surface area contributed by atoms with E-state index >= 15 is 0 Å². The second kappa shape index (κ2) is 6.14. The van der Waals surface area contributed by atoms with Crippen LogP contribution in [-0.4, -0.2) is 36.9 Å². The maximum atomic E-state index is 12.4. The summed E-state index contributed by atoms with van der Waals surface area (Å²) in [6.07, 6.45) is 5.83. The summed E-state index contributed by atoms with van der Waals surface area (Å²) in [5.41, 5.74) is 4.18. The van der Waals surface area contributed by atoms with E-state index in [1.807, 2.05) is 47.3 Å². The topological polar surface area (TPSA) is 58.3 Å². The summed E-state index contributed by atoms with van der Waals surface area (Å²) in [5, 5.41) is 0. The van der Waals surface area contributed by atoms with Crippen molar-refractivity contribution in [1.82, 2.24) is 23.8 Å². The maximum Gasteiger partial charge on any atom is 0.326 e. The van der Waals surface area contributed by atoms with Crippen molar-refractivity contribution < 1.29 is 0 Å². The van der Waals surface area contributed by atoms with Crippen LogP contribution in [0.15, 0.2) is 59.7 Å². The molecule has 0 aliphatic carbocycles. The molecule has 6 heteroatoms. The Hall–Kier alpha value is -2.86. The number of likely N-dealkylation sites (tertiary alicyclic amines) is 1. The van der Waals surface area contributed by atoms with E-state index < -0.39 is 0 Å².